The molecule has 0 spiro atoms. The first-order chi connectivity index (χ1) is 22.6. The van der Waals surface area contributed by atoms with E-state index in [2.05, 4.69) is 26.6 Å². The van der Waals surface area contributed by atoms with Crippen LogP contribution in [-0.2, 0) is 36.8 Å². The number of nitrogens with two attached hydrogens (primary N) is 1. The Balaban J connectivity index is 2.40. The molecule has 48 heavy (non-hydrogen) atoms. The molecule has 0 unspecified atom stereocenters. The largest absolute Gasteiger partial charge is 0.508 e. The second-order valence-electron chi connectivity index (χ2n) is 13.5. The van der Waals surface area contributed by atoms with Gasteiger partial charge in [-0.3, -0.25) is 24.0 Å². The number of rotatable bonds is 19. The van der Waals surface area contributed by atoms with Crippen molar-refractivity contribution in [3.05, 3.63) is 65.7 Å². The minimum Gasteiger partial charge on any atom is -0.508 e. The van der Waals surface area contributed by atoms with Crippen LogP contribution in [-0.4, -0.2) is 71.9 Å². The molecule has 5 atom stereocenters. The Labute approximate surface area is 284 Å². The Kier molecular flexibility index (Phi) is 16.0. The highest BCUT2D eigenvalue weighted by atomic mass is 16.3. The molecule has 0 aliphatic heterocycles. The summed E-state index contributed by atoms with van der Waals surface area (Å²) in [4.78, 5) is 66.6. The molecule has 0 fully saturated rings. The average molecular weight is 667 g/mol. The van der Waals surface area contributed by atoms with Gasteiger partial charge < -0.3 is 37.4 Å². The van der Waals surface area contributed by atoms with Gasteiger partial charge in [0.25, 0.3) is 0 Å². The molecule has 0 bridgehead atoms. The fourth-order valence-electron chi connectivity index (χ4n) is 5.28. The second kappa shape index (κ2) is 19.4. The van der Waals surface area contributed by atoms with Crippen LogP contribution in [0.1, 0.15) is 65.5 Å². The number of phenolic OH excluding ortho intramolecular Hbond substituents is 1. The third-order valence-corrected chi connectivity index (χ3v) is 7.91. The number of carbonyl (C=O) groups excluding carboxylic acids is 5. The molecule has 0 heterocycles. The quantitative estimate of drug-likeness (QED) is 0.119. The van der Waals surface area contributed by atoms with Gasteiger partial charge in [-0.15, -0.1) is 0 Å². The SMILES string of the molecule is CN[C@@H](CC(C)C)C(=O)N[C@H](C(=O)N[C@@H](Cc1ccc(O)cc1)C(=O)N[C@@H](Cc1ccccc1)C(=O)N[C@@H](CC(C)C)C(N)=O)C(C)C. The van der Waals surface area contributed by atoms with E-state index in [1.807, 2.05) is 58.0 Å². The Morgan fingerprint density at radius 1 is 0.604 bits per heavy atom. The third-order valence-electron chi connectivity index (χ3n) is 7.91. The molecule has 5 amide bonds. The highest BCUT2D eigenvalue weighted by molar-refractivity contribution is 5.96. The summed E-state index contributed by atoms with van der Waals surface area (Å²) in [5.74, 6) is -2.79. The van der Waals surface area contributed by atoms with Crippen LogP contribution in [0.25, 0.3) is 0 Å². The average Bonchev–Trinajstić information content (AvgIpc) is 3.02. The van der Waals surface area contributed by atoms with Crippen molar-refractivity contribution in [2.24, 2.45) is 23.5 Å². The zero-order valence-electron chi connectivity index (χ0n) is 29.2. The van der Waals surface area contributed by atoms with E-state index in [4.69, 9.17) is 5.73 Å². The van der Waals surface area contributed by atoms with Gasteiger partial charge >= 0.3 is 0 Å². The van der Waals surface area contributed by atoms with Crippen LogP contribution in [0.4, 0.5) is 0 Å². The number of nitrogens with one attached hydrogen (secondary N) is 5. The van der Waals surface area contributed by atoms with Crippen molar-refractivity contribution in [1.82, 2.24) is 26.6 Å². The predicted octanol–water partition coefficient (Wildman–Crippen LogP) is 1.94. The van der Waals surface area contributed by atoms with Crippen molar-refractivity contribution in [1.29, 1.82) is 0 Å². The van der Waals surface area contributed by atoms with Crippen LogP contribution in [0.15, 0.2) is 54.6 Å². The molecule has 0 radical (unpaired) electrons. The van der Waals surface area contributed by atoms with Crippen molar-refractivity contribution in [2.75, 3.05) is 7.05 Å². The second-order valence-corrected chi connectivity index (χ2v) is 13.5. The van der Waals surface area contributed by atoms with Gasteiger partial charge in [0.2, 0.25) is 29.5 Å². The van der Waals surface area contributed by atoms with Crippen molar-refractivity contribution < 1.29 is 29.1 Å². The predicted molar refractivity (Wildman–Crippen MR) is 185 cm³/mol. The summed E-state index contributed by atoms with van der Waals surface area (Å²) >= 11 is 0. The lowest BCUT2D eigenvalue weighted by Crippen LogP contribution is -2.60. The van der Waals surface area contributed by atoms with Gasteiger partial charge in [-0.25, -0.2) is 0 Å². The van der Waals surface area contributed by atoms with Gasteiger partial charge in [-0.2, -0.15) is 0 Å². The Morgan fingerprint density at radius 2 is 1.04 bits per heavy atom. The van der Waals surface area contributed by atoms with Gasteiger partial charge in [-0.1, -0.05) is 84.0 Å². The van der Waals surface area contributed by atoms with Crippen molar-refractivity contribution in [3.8, 4) is 5.75 Å². The molecular formula is C36H54N6O6. The van der Waals surface area contributed by atoms with Crippen LogP contribution >= 0.6 is 0 Å². The zero-order chi connectivity index (χ0) is 36.0. The molecule has 0 aliphatic carbocycles. The molecule has 8 N–H and O–H groups in total. The molecular weight excluding hydrogens is 612 g/mol. The van der Waals surface area contributed by atoms with E-state index in [1.165, 1.54) is 12.1 Å². The van der Waals surface area contributed by atoms with E-state index in [1.54, 1.807) is 33.0 Å². The Hall–Kier alpha value is -4.45. The molecule has 2 aromatic carbocycles. The third kappa shape index (κ3) is 13.3. The number of amides is 5. The van der Waals surface area contributed by atoms with Gasteiger partial charge in [0.15, 0.2) is 0 Å². The van der Waals surface area contributed by atoms with Gasteiger partial charge in [0.05, 0.1) is 6.04 Å². The van der Waals surface area contributed by atoms with Crippen molar-refractivity contribution >= 4 is 29.5 Å². The number of phenols is 1. The van der Waals surface area contributed by atoms with Gasteiger partial charge in [0, 0.05) is 12.8 Å². The number of aromatic hydroxyl groups is 1. The molecule has 2 rings (SSSR count). The van der Waals surface area contributed by atoms with E-state index in [0.29, 0.717) is 18.4 Å². The number of carbonyl (C=O) groups is 5. The van der Waals surface area contributed by atoms with Gasteiger partial charge in [-0.05, 0) is 60.9 Å². The maximum absolute atomic E-state index is 14.0. The first-order valence-corrected chi connectivity index (χ1v) is 16.6. The number of likely N-dealkylation sites (N-methyl/N-ethyl adjacent to an activating group) is 1. The first kappa shape index (κ1) is 39.7. The summed E-state index contributed by atoms with van der Waals surface area (Å²) in [6.45, 7) is 11.4. The molecule has 264 valence electrons. The van der Waals surface area contributed by atoms with E-state index in [0.717, 1.165) is 5.56 Å². The minimum absolute atomic E-state index is 0.0278. The van der Waals surface area contributed by atoms with Crippen LogP contribution in [0.2, 0.25) is 0 Å². The Morgan fingerprint density at radius 3 is 1.50 bits per heavy atom. The molecule has 12 nitrogen and oxygen atoms in total. The van der Waals surface area contributed by atoms with E-state index >= 15 is 0 Å². The maximum atomic E-state index is 14.0. The number of primary amides is 1. The van der Waals surface area contributed by atoms with Crippen molar-refractivity contribution in [2.45, 2.75) is 97.4 Å². The summed E-state index contributed by atoms with van der Waals surface area (Å²) in [5.41, 5.74) is 6.99. The highest BCUT2D eigenvalue weighted by Gasteiger charge is 2.33. The highest BCUT2D eigenvalue weighted by Crippen LogP contribution is 2.14. The van der Waals surface area contributed by atoms with E-state index in [-0.39, 0.29) is 42.3 Å². The lowest BCUT2D eigenvalue weighted by atomic mass is 9.98. The monoisotopic (exact) mass is 666 g/mol. The fraction of sp³-hybridized carbons (Fsp3) is 0.528. The molecule has 0 aliphatic rings. The number of hydrogen-bond acceptors (Lipinski definition) is 7. The van der Waals surface area contributed by atoms with E-state index in [9.17, 15) is 29.1 Å². The zero-order valence-corrected chi connectivity index (χ0v) is 29.2. The summed E-state index contributed by atoms with van der Waals surface area (Å²) in [7, 11) is 1.69. The summed E-state index contributed by atoms with van der Waals surface area (Å²) < 4.78 is 0. The molecule has 0 saturated heterocycles. The molecule has 0 aromatic heterocycles. The lowest BCUT2D eigenvalue weighted by Gasteiger charge is -2.28. The van der Waals surface area contributed by atoms with Crippen LogP contribution in [0.5, 0.6) is 5.75 Å². The van der Waals surface area contributed by atoms with E-state index < -0.39 is 53.8 Å². The molecule has 0 saturated carbocycles. The fourth-order valence-corrected chi connectivity index (χ4v) is 5.28. The summed E-state index contributed by atoms with van der Waals surface area (Å²) in [6.07, 6.45) is 1.03. The summed E-state index contributed by atoms with van der Waals surface area (Å²) in [6, 6.07) is 10.6. The smallest absolute Gasteiger partial charge is 0.243 e. The van der Waals surface area contributed by atoms with Crippen LogP contribution < -0.4 is 32.3 Å². The molecule has 12 heteroatoms. The van der Waals surface area contributed by atoms with Gasteiger partial charge in [0.1, 0.15) is 29.9 Å². The standard InChI is InChI=1S/C36H54N6O6/c1-21(2)17-27(32(37)44)39-34(46)29(19-24-11-9-8-10-12-24)40-35(47)30(20-25-13-15-26(43)16-14-25)41-36(48)31(23(5)6)42-33(45)28(38-7)18-22(3)4/h8-16,21-23,27-31,38,43H,17-20H2,1-7H3,(H2,37,44)(H,39,46)(H,40,47)(H,41,48)(H,42,45)/t27-,28-,29-,30-,31-/m0/s1. The normalized spacial score (nSPS) is 14.5. The van der Waals surface area contributed by atoms with Crippen molar-refractivity contribution in [3.63, 3.8) is 0 Å². The minimum atomic E-state index is -1.16. The van der Waals surface area contributed by atoms with Crippen LogP contribution in [0, 0.1) is 17.8 Å². The topological polar surface area (TPSA) is 192 Å². The maximum Gasteiger partial charge on any atom is 0.243 e. The lowest BCUT2D eigenvalue weighted by molar-refractivity contribution is -0.135. The van der Waals surface area contributed by atoms with Crippen LogP contribution in [0.3, 0.4) is 0 Å². The number of hydrogen-bond donors (Lipinski definition) is 7. The molecule has 2 aromatic rings. The Bertz CT molecular complexity index is 1350. The number of benzene rings is 2. The summed E-state index contributed by atoms with van der Waals surface area (Å²) in [5, 5.41) is 23.9. The first-order valence-electron chi connectivity index (χ1n) is 16.6.